The molecule has 3 aliphatic rings. The molecule has 0 aromatic heterocycles. The molecule has 0 aromatic rings. The van der Waals surface area contributed by atoms with Gasteiger partial charge in [0.05, 0.1) is 6.61 Å². The third kappa shape index (κ3) is 10.0. The number of hydrogen-bond acceptors (Lipinski definition) is 5. The minimum absolute atomic E-state index is 0.286. The molecule has 2 aliphatic heterocycles. The van der Waals surface area contributed by atoms with Gasteiger partial charge >= 0.3 is 6.09 Å². The zero-order valence-electron chi connectivity index (χ0n) is 12.3. The van der Waals surface area contributed by atoms with Crippen molar-refractivity contribution in [2.24, 2.45) is 5.92 Å². The average Bonchev–Trinajstić information content (AvgIpc) is 2.50. The van der Waals surface area contributed by atoms with Crippen LogP contribution >= 0.6 is 11.8 Å². The second-order valence-corrected chi connectivity index (χ2v) is 5.68. The molecular formula is C15H24N2O3S. The van der Waals surface area contributed by atoms with Crippen LogP contribution < -0.4 is 10.6 Å². The number of hydrogen-bond donors (Lipinski definition) is 2. The predicted octanol–water partition coefficient (Wildman–Crippen LogP) is 3.15. The zero-order chi connectivity index (χ0) is 15.2. The standard InChI is InChI=1S/C7H12O.C4H7NO2.C4H5NS/c8-6-2-5-7-3-1-4-7;6-4-5-2-1-3-7-4;1-3-6-4-2-5-1/h6-7H,1-5H2;1-3H2,(H,5,6);1-5H. The fourth-order valence-electron chi connectivity index (χ4n) is 1.82. The number of carbonyl (C=O) groups excluding carboxylic acids is 2. The summed E-state index contributed by atoms with van der Waals surface area (Å²) in [5, 5.41) is 9.40. The molecule has 3 rings (SSSR count). The Labute approximate surface area is 130 Å². The molecule has 6 heteroatoms. The molecule has 0 spiro atoms. The van der Waals surface area contributed by atoms with E-state index in [4.69, 9.17) is 0 Å². The van der Waals surface area contributed by atoms with Gasteiger partial charge in [-0.1, -0.05) is 19.3 Å². The molecule has 1 aliphatic carbocycles. The van der Waals surface area contributed by atoms with Crippen molar-refractivity contribution in [1.82, 2.24) is 10.6 Å². The van der Waals surface area contributed by atoms with E-state index in [1.165, 1.54) is 19.3 Å². The SMILES string of the molecule is C1=CSC=CN1.O=C1NCCCO1.O=CCCC1CCC1. The second kappa shape index (κ2) is 12.3. The predicted molar refractivity (Wildman–Crippen MR) is 85.6 cm³/mol. The van der Waals surface area contributed by atoms with Crippen molar-refractivity contribution in [3.8, 4) is 0 Å². The number of nitrogens with one attached hydrogen (secondary N) is 2. The minimum atomic E-state index is -0.286. The summed E-state index contributed by atoms with van der Waals surface area (Å²) in [6.07, 6.45) is 11.5. The van der Waals surface area contributed by atoms with Crippen LogP contribution in [0.1, 0.15) is 38.5 Å². The van der Waals surface area contributed by atoms with E-state index in [0.29, 0.717) is 6.61 Å². The summed E-state index contributed by atoms with van der Waals surface area (Å²) in [5.41, 5.74) is 0. The first-order valence-corrected chi connectivity index (χ1v) is 8.33. The summed E-state index contributed by atoms with van der Waals surface area (Å²) in [6, 6.07) is 0. The fraction of sp³-hybridized carbons (Fsp3) is 0.600. The van der Waals surface area contributed by atoms with E-state index < -0.39 is 0 Å². The fourth-order valence-corrected chi connectivity index (χ4v) is 2.23. The number of ether oxygens (including phenoxy) is 1. The third-order valence-electron chi connectivity index (χ3n) is 3.23. The van der Waals surface area contributed by atoms with Crippen molar-refractivity contribution in [1.29, 1.82) is 0 Å². The second-order valence-electron chi connectivity index (χ2n) is 4.87. The van der Waals surface area contributed by atoms with Crippen LogP contribution in [0.15, 0.2) is 23.2 Å². The van der Waals surface area contributed by atoms with Crippen LogP contribution in [0.2, 0.25) is 0 Å². The number of alkyl carbamates (subject to hydrolysis) is 1. The first-order valence-electron chi connectivity index (χ1n) is 7.38. The lowest BCUT2D eigenvalue weighted by molar-refractivity contribution is -0.108. The topological polar surface area (TPSA) is 67.4 Å². The Morgan fingerprint density at radius 2 is 2.05 bits per heavy atom. The van der Waals surface area contributed by atoms with E-state index in [9.17, 15) is 9.59 Å². The van der Waals surface area contributed by atoms with Gasteiger partial charge in [0.1, 0.15) is 6.29 Å². The van der Waals surface area contributed by atoms with E-state index in [1.807, 2.05) is 23.2 Å². The third-order valence-corrected chi connectivity index (χ3v) is 3.81. The number of carbonyl (C=O) groups is 2. The maximum Gasteiger partial charge on any atom is 0.407 e. The Kier molecular flexibility index (Phi) is 10.3. The quantitative estimate of drug-likeness (QED) is 0.784. The number of thioether (sulfide) groups is 1. The Balaban J connectivity index is 0.000000159. The molecule has 2 fully saturated rings. The van der Waals surface area contributed by atoms with Gasteiger partial charge in [0.2, 0.25) is 0 Å². The summed E-state index contributed by atoms with van der Waals surface area (Å²) in [4.78, 5) is 20.0. The van der Waals surface area contributed by atoms with Gasteiger partial charge < -0.3 is 20.2 Å². The van der Waals surface area contributed by atoms with Gasteiger partial charge in [-0.25, -0.2) is 4.79 Å². The van der Waals surface area contributed by atoms with E-state index in [-0.39, 0.29) is 6.09 Å². The summed E-state index contributed by atoms with van der Waals surface area (Å²) < 4.78 is 4.53. The van der Waals surface area contributed by atoms with E-state index in [0.717, 1.165) is 38.0 Å². The number of amides is 1. The molecule has 0 radical (unpaired) electrons. The molecule has 1 amide bonds. The van der Waals surface area contributed by atoms with Gasteiger partial charge in [0.25, 0.3) is 0 Å². The molecule has 118 valence electrons. The first-order chi connectivity index (χ1) is 10.3. The highest BCUT2D eigenvalue weighted by atomic mass is 32.2. The van der Waals surface area contributed by atoms with E-state index >= 15 is 0 Å². The lowest BCUT2D eigenvalue weighted by Gasteiger charge is -2.23. The van der Waals surface area contributed by atoms with Gasteiger partial charge in [0.15, 0.2) is 0 Å². The highest BCUT2D eigenvalue weighted by Crippen LogP contribution is 2.29. The first kappa shape index (κ1) is 17.6. The van der Waals surface area contributed by atoms with E-state index in [2.05, 4.69) is 15.4 Å². The molecule has 21 heavy (non-hydrogen) atoms. The van der Waals surface area contributed by atoms with Crippen molar-refractivity contribution >= 4 is 24.1 Å². The molecule has 2 N–H and O–H groups in total. The van der Waals surface area contributed by atoms with Crippen LogP contribution in [0, 0.1) is 5.92 Å². The summed E-state index contributed by atoms with van der Waals surface area (Å²) in [5.74, 6) is 0.903. The lowest BCUT2D eigenvalue weighted by atomic mass is 9.82. The number of cyclic esters (lactones) is 1. The highest BCUT2D eigenvalue weighted by Gasteiger charge is 2.15. The summed E-state index contributed by atoms with van der Waals surface area (Å²) >= 11 is 1.67. The number of aldehydes is 1. The van der Waals surface area contributed by atoms with Crippen LogP contribution in [-0.4, -0.2) is 25.5 Å². The minimum Gasteiger partial charge on any atom is -0.449 e. The van der Waals surface area contributed by atoms with Crippen LogP contribution in [0.25, 0.3) is 0 Å². The molecule has 0 unspecified atom stereocenters. The lowest BCUT2D eigenvalue weighted by Crippen LogP contribution is -2.31. The molecule has 0 bridgehead atoms. The average molecular weight is 312 g/mol. The monoisotopic (exact) mass is 312 g/mol. The van der Waals surface area contributed by atoms with Crippen molar-refractivity contribution in [3.63, 3.8) is 0 Å². The Hall–Kier alpha value is -1.43. The van der Waals surface area contributed by atoms with Crippen molar-refractivity contribution in [3.05, 3.63) is 23.2 Å². The maximum atomic E-state index is 10.1. The van der Waals surface area contributed by atoms with Crippen LogP contribution in [0.3, 0.4) is 0 Å². The van der Waals surface area contributed by atoms with Gasteiger partial charge in [-0.15, -0.1) is 11.8 Å². The van der Waals surface area contributed by atoms with Crippen molar-refractivity contribution in [2.75, 3.05) is 13.2 Å². The Morgan fingerprint density at radius 3 is 2.33 bits per heavy atom. The summed E-state index contributed by atoms with van der Waals surface area (Å²) in [6.45, 7) is 1.34. The van der Waals surface area contributed by atoms with E-state index in [1.54, 1.807) is 11.8 Å². The molecule has 0 aromatic carbocycles. The number of rotatable bonds is 3. The zero-order valence-corrected chi connectivity index (χ0v) is 13.1. The molecule has 1 saturated carbocycles. The van der Waals surface area contributed by atoms with Crippen molar-refractivity contribution in [2.45, 2.75) is 38.5 Å². The largest absolute Gasteiger partial charge is 0.449 e. The maximum absolute atomic E-state index is 10.1. The Morgan fingerprint density at radius 1 is 1.29 bits per heavy atom. The normalized spacial score (nSPS) is 19.3. The van der Waals surface area contributed by atoms with Gasteiger partial charge in [-0.3, -0.25) is 0 Å². The summed E-state index contributed by atoms with van der Waals surface area (Å²) in [7, 11) is 0. The van der Waals surface area contributed by atoms with Gasteiger partial charge in [-0.05, 0) is 29.6 Å². The van der Waals surface area contributed by atoms with Crippen molar-refractivity contribution < 1.29 is 14.3 Å². The van der Waals surface area contributed by atoms with Crippen LogP contribution in [0.5, 0.6) is 0 Å². The molecule has 0 atom stereocenters. The van der Waals surface area contributed by atoms with Crippen LogP contribution in [-0.2, 0) is 9.53 Å². The smallest absolute Gasteiger partial charge is 0.407 e. The molecular weight excluding hydrogens is 288 g/mol. The Bertz CT molecular complexity index is 327. The molecule has 2 heterocycles. The molecule has 1 saturated heterocycles. The molecule has 5 nitrogen and oxygen atoms in total. The van der Waals surface area contributed by atoms with Crippen LogP contribution in [0.4, 0.5) is 4.79 Å². The highest BCUT2D eigenvalue weighted by molar-refractivity contribution is 8.04. The van der Waals surface area contributed by atoms with Gasteiger partial charge in [0, 0.05) is 25.4 Å². The van der Waals surface area contributed by atoms with Gasteiger partial charge in [-0.2, -0.15) is 0 Å².